The minimum Gasteiger partial charge on any atom is -0.320 e. The van der Waals surface area contributed by atoms with Gasteiger partial charge in [0.2, 0.25) is 0 Å². The molecule has 2 aromatic rings. The molecule has 0 fully saturated rings. The average Bonchev–Trinajstić information content (AvgIpc) is 2.74. The van der Waals surface area contributed by atoms with Crippen LogP contribution in [-0.2, 0) is 11.0 Å². The Bertz CT molecular complexity index is 800. The predicted molar refractivity (Wildman–Crippen MR) is 77.7 cm³/mol. The topological polar surface area (TPSA) is 41.5 Å². The van der Waals surface area contributed by atoms with Gasteiger partial charge in [-0.05, 0) is 30.3 Å². The Kier molecular flexibility index (Phi) is 3.41. The number of alkyl halides is 3. The van der Waals surface area contributed by atoms with Crippen molar-refractivity contribution >= 4 is 34.6 Å². The van der Waals surface area contributed by atoms with E-state index in [0.717, 1.165) is 6.07 Å². The van der Waals surface area contributed by atoms with Crippen molar-refractivity contribution < 1.29 is 18.0 Å². The molecule has 0 radical (unpaired) electrons. The lowest BCUT2D eigenvalue weighted by Crippen LogP contribution is -2.14. The molecule has 112 valence electrons. The number of nitrogens with one attached hydrogen (secondary N) is 1. The molecule has 1 aliphatic heterocycles. The minimum absolute atomic E-state index is 0.0887. The third kappa shape index (κ3) is 2.57. The number of aliphatic imine (C=N–C) groups is 1. The largest absolute Gasteiger partial charge is 0.418 e. The van der Waals surface area contributed by atoms with Crippen molar-refractivity contribution in [2.45, 2.75) is 6.18 Å². The molecule has 1 N–H and O–H groups in total. The summed E-state index contributed by atoms with van der Waals surface area (Å²) in [6, 6.07) is 9.48. The fourth-order valence-corrected chi connectivity index (χ4v) is 2.34. The van der Waals surface area contributed by atoms with Crippen LogP contribution in [0.2, 0.25) is 5.02 Å². The third-order valence-corrected chi connectivity index (χ3v) is 3.38. The molecule has 22 heavy (non-hydrogen) atoms. The first-order chi connectivity index (χ1) is 10.4. The Hall–Kier alpha value is -2.34. The lowest BCUT2D eigenvalue weighted by atomic mass is 10.1. The number of amides is 1. The molecule has 0 aromatic heterocycles. The Morgan fingerprint density at radius 1 is 1.09 bits per heavy atom. The Morgan fingerprint density at radius 2 is 1.82 bits per heavy atom. The summed E-state index contributed by atoms with van der Waals surface area (Å²) in [5.41, 5.74) is -0.444. The van der Waals surface area contributed by atoms with Gasteiger partial charge in [-0.25, -0.2) is 4.99 Å². The monoisotopic (exact) mass is 324 g/mol. The molecule has 1 heterocycles. The molecule has 0 aliphatic carbocycles. The van der Waals surface area contributed by atoms with Crippen molar-refractivity contribution in [2.75, 3.05) is 5.32 Å². The van der Waals surface area contributed by atoms with Crippen LogP contribution in [0.3, 0.4) is 0 Å². The van der Waals surface area contributed by atoms with Crippen molar-refractivity contribution in [3.8, 4) is 0 Å². The Labute approximate surface area is 128 Å². The number of carbonyl (C=O) groups excluding carboxylic acids is 1. The summed E-state index contributed by atoms with van der Waals surface area (Å²) >= 11 is 5.87. The SMILES string of the molecule is O=C1Nc2ccc(Cl)cc2C1=Nc1ccccc1C(F)(F)F. The maximum atomic E-state index is 13.0. The summed E-state index contributed by atoms with van der Waals surface area (Å²) < 4.78 is 39.0. The van der Waals surface area contributed by atoms with E-state index in [9.17, 15) is 18.0 Å². The van der Waals surface area contributed by atoms with Gasteiger partial charge in [-0.1, -0.05) is 23.7 Å². The lowest BCUT2D eigenvalue weighted by molar-refractivity contribution is -0.137. The zero-order valence-corrected chi connectivity index (χ0v) is 11.7. The minimum atomic E-state index is -4.55. The van der Waals surface area contributed by atoms with Crippen molar-refractivity contribution in [2.24, 2.45) is 4.99 Å². The van der Waals surface area contributed by atoms with E-state index >= 15 is 0 Å². The molecule has 3 nitrogen and oxygen atoms in total. The van der Waals surface area contributed by atoms with Gasteiger partial charge in [-0.15, -0.1) is 0 Å². The lowest BCUT2D eigenvalue weighted by Gasteiger charge is -2.09. The maximum absolute atomic E-state index is 13.0. The van der Waals surface area contributed by atoms with Gasteiger partial charge in [0.05, 0.1) is 16.9 Å². The molecule has 0 unspecified atom stereocenters. The normalized spacial score (nSPS) is 15.8. The number of anilines is 1. The maximum Gasteiger partial charge on any atom is 0.418 e. The molecule has 1 amide bonds. The van der Waals surface area contributed by atoms with E-state index in [4.69, 9.17) is 11.6 Å². The van der Waals surface area contributed by atoms with Gasteiger partial charge in [0.1, 0.15) is 5.71 Å². The molecule has 1 aliphatic rings. The number of rotatable bonds is 1. The Morgan fingerprint density at radius 3 is 2.55 bits per heavy atom. The quantitative estimate of drug-likeness (QED) is 0.828. The second-order valence-corrected chi connectivity index (χ2v) is 5.06. The standard InChI is InChI=1S/C15H8ClF3N2O/c16-8-5-6-11-9(7-8)13(14(22)21-11)20-12-4-2-1-3-10(12)15(17,18)19/h1-7H,(H,20,21,22). The van der Waals surface area contributed by atoms with Crippen LogP contribution >= 0.6 is 11.6 Å². The first-order valence-electron chi connectivity index (χ1n) is 6.22. The fourth-order valence-electron chi connectivity index (χ4n) is 2.17. The fraction of sp³-hybridized carbons (Fsp3) is 0.0667. The molecule has 3 rings (SSSR count). The highest BCUT2D eigenvalue weighted by Gasteiger charge is 2.34. The summed E-state index contributed by atoms with van der Waals surface area (Å²) in [5.74, 6) is -0.561. The molecular weight excluding hydrogens is 317 g/mol. The molecule has 0 spiro atoms. The van der Waals surface area contributed by atoms with E-state index in [0.29, 0.717) is 16.3 Å². The summed E-state index contributed by atoms with van der Waals surface area (Å²) in [6.07, 6.45) is -4.55. The van der Waals surface area contributed by atoms with E-state index < -0.39 is 17.6 Å². The van der Waals surface area contributed by atoms with Gasteiger partial charge in [-0.2, -0.15) is 13.2 Å². The van der Waals surface area contributed by atoms with Crippen LogP contribution in [0, 0.1) is 0 Å². The van der Waals surface area contributed by atoms with Gasteiger partial charge in [0.25, 0.3) is 5.91 Å². The Balaban J connectivity index is 2.15. The predicted octanol–water partition coefficient (Wildman–Crippen LogP) is 4.43. The summed E-state index contributed by atoms with van der Waals surface area (Å²) in [4.78, 5) is 15.9. The van der Waals surface area contributed by atoms with E-state index in [1.165, 1.54) is 24.3 Å². The van der Waals surface area contributed by atoms with Gasteiger partial charge in [-0.3, -0.25) is 4.79 Å². The molecule has 0 bridgehead atoms. The highest BCUT2D eigenvalue weighted by atomic mass is 35.5. The molecule has 7 heteroatoms. The van der Waals surface area contributed by atoms with Gasteiger partial charge < -0.3 is 5.32 Å². The number of hydrogen-bond acceptors (Lipinski definition) is 2. The van der Waals surface area contributed by atoms with Crippen LogP contribution < -0.4 is 5.32 Å². The van der Waals surface area contributed by atoms with Crippen LogP contribution in [0.1, 0.15) is 11.1 Å². The number of nitrogens with zero attached hydrogens (tertiary/aromatic N) is 1. The highest BCUT2D eigenvalue weighted by Crippen LogP contribution is 2.37. The highest BCUT2D eigenvalue weighted by molar-refractivity contribution is 6.54. The van der Waals surface area contributed by atoms with Crippen LogP contribution in [-0.4, -0.2) is 11.6 Å². The van der Waals surface area contributed by atoms with Crippen LogP contribution in [0.15, 0.2) is 47.5 Å². The first kappa shape index (κ1) is 14.6. The molecule has 0 saturated heterocycles. The first-order valence-corrected chi connectivity index (χ1v) is 6.60. The van der Waals surface area contributed by atoms with Crippen LogP contribution in [0.4, 0.5) is 24.5 Å². The van der Waals surface area contributed by atoms with E-state index in [1.54, 1.807) is 12.1 Å². The van der Waals surface area contributed by atoms with E-state index in [1.807, 2.05) is 0 Å². The van der Waals surface area contributed by atoms with Crippen molar-refractivity contribution in [1.82, 2.24) is 0 Å². The third-order valence-electron chi connectivity index (χ3n) is 3.14. The van der Waals surface area contributed by atoms with Crippen molar-refractivity contribution in [3.63, 3.8) is 0 Å². The number of halogens is 4. The molecule has 2 aromatic carbocycles. The van der Waals surface area contributed by atoms with Crippen LogP contribution in [0.25, 0.3) is 0 Å². The number of benzene rings is 2. The molecule has 0 saturated carbocycles. The number of fused-ring (bicyclic) bond motifs is 1. The van der Waals surface area contributed by atoms with Crippen molar-refractivity contribution in [1.29, 1.82) is 0 Å². The summed E-state index contributed by atoms with van der Waals surface area (Å²) in [7, 11) is 0. The second kappa shape index (κ2) is 5.14. The number of hydrogen-bond donors (Lipinski definition) is 1. The summed E-state index contributed by atoms with van der Waals surface area (Å²) in [6.45, 7) is 0. The van der Waals surface area contributed by atoms with Gasteiger partial charge in [0.15, 0.2) is 0 Å². The van der Waals surface area contributed by atoms with Crippen molar-refractivity contribution in [3.05, 3.63) is 58.6 Å². The molecule has 0 atom stereocenters. The van der Waals surface area contributed by atoms with Crippen LogP contribution in [0.5, 0.6) is 0 Å². The van der Waals surface area contributed by atoms with Gasteiger partial charge in [0, 0.05) is 10.6 Å². The zero-order valence-electron chi connectivity index (χ0n) is 10.9. The summed E-state index contributed by atoms with van der Waals surface area (Å²) in [5, 5.41) is 2.91. The average molecular weight is 325 g/mol. The van der Waals surface area contributed by atoms with E-state index in [-0.39, 0.29) is 11.4 Å². The number of para-hydroxylation sites is 1. The van der Waals surface area contributed by atoms with E-state index in [2.05, 4.69) is 10.3 Å². The second-order valence-electron chi connectivity index (χ2n) is 4.62. The molecular formula is C15H8ClF3N2O. The van der Waals surface area contributed by atoms with Gasteiger partial charge >= 0.3 is 6.18 Å². The zero-order chi connectivity index (χ0) is 15.9. The number of carbonyl (C=O) groups is 1. The smallest absolute Gasteiger partial charge is 0.320 e.